The number of benzene rings is 1. The van der Waals surface area contributed by atoms with Gasteiger partial charge in [-0.1, -0.05) is 38.1 Å². The summed E-state index contributed by atoms with van der Waals surface area (Å²) in [6, 6.07) is 6.63. The van der Waals surface area contributed by atoms with E-state index < -0.39 is 0 Å². The first-order valence-electron chi connectivity index (χ1n) is 13.4. The van der Waals surface area contributed by atoms with Gasteiger partial charge in [0.05, 0.1) is 0 Å². The zero-order valence-corrected chi connectivity index (χ0v) is 20.8. The summed E-state index contributed by atoms with van der Waals surface area (Å²) in [6.07, 6.45) is 11.0. The minimum Gasteiger partial charge on any atom is -0.343 e. The SMILES string of the molecule is C=C1CC(CCC(=O)N2CCC(C(=O)N3CCCCc4cc(CC)ccc43)CC2)CC1CC. The van der Waals surface area contributed by atoms with Crippen LogP contribution in [-0.2, 0) is 22.4 Å². The highest BCUT2D eigenvalue weighted by Crippen LogP contribution is 2.39. The van der Waals surface area contributed by atoms with Crippen molar-refractivity contribution in [1.29, 1.82) is 0 Å². The fourth-order valence-corrected chi connectivity index (χ4v) is 6.20. The third kappa shape index (κ3) is 5.53. The predicted molar refractivity (Wildman–Crippen MR) is 135 cm³/mol. The van der Waals surface area contributed by atoms with Crippen molar-refractivity contribution in [2.24, 2.45) is 17.8 Å². The minimum atomic E-state index is 0.0364. The Bertz CT molecular complexity index is 868. The number of aryl methyl sites for hydroxylation is 2. The Balaban J connectivity index is 1.29. The lowest BCUT2D eigenvalue weighted by atomic mass is 9.93. The van der Waals surface area contributed by atoms with E-state index in [1.807, 2.05) is 4.90 Å². The number of hydrogen-bond donors (Lipinski definition) is 0. The Labute approximate surface area is 200 Å². The largest absolute Gasteiger partial charge is 0.343 e. The fraction of sp³-hybridized carbons (Fsp3) is 0.655. The first-order valence-corrected chi connectivity index (χ1v) is 13.4. The number of anilines is 1. The summed E-state index contributed by atoms with van der Waals surface area (Å²) < 4.78 is 0. The van der Waals surface area contributed by atoms with Gasteiger partial charge in [0.25, 0.3) is 0 Å². The van der Waals surface area contributed by atoms with Gasteiger partial charge in [-0.2, -0.15) is 0 Å². The molecule has 1 saturated carbocycles. The summed E-state index contributed by atoms with van der Waals surface area (Å²) in [5.41, 5.74) is 5.18. The Morgan fingerprint density at radius 3 is 2.58 bits per heavy atom. The van der Waals surface area contributed by atoms with Crippen molar-refractivity contribution < 1.29 is 9.59 Å². The van der Waals surface area contributed by atoms with Crippen molar-refractivity contribution in [3.63, 3.8) is 0 Å². The minimum absolute atomic E-state index is 0.0364. The van der Waals surface area contributed by atoms with Gasteiger partial charge in [-0.05, 0) is 93.2 Å². The topological polar surface area (TPSA) is 40.6 Å². The lowest BCUT2D eigenvalue weighted by Crippen LogP contribution is -2.44. The average Bonchev–Trinajstić information content (AvgIpc) is 3.07. The van der Waals surface area contributed by atoms with Crippen molar-refractivity contribution >= 4 is 17.5 Å². The summed E-state index contributed by atoms with van der Waals surface area (Å²) in [5, 5.41) is 0. The first kappa shape index (κ1) is 24.0. The molecule has 0 spiro atoms. The third-order valence-electron chi connectivity index (χ3n) is 8.39. The lowest BCUT2D eigenvalue weighted by Gasteiger charge is -2.34. The maximum Gasteiger partial charge on any atom is 0.230 e. The van der Waals surface area contributed by atoms with Gasteiger partial charge < -0.3 is 9.80 Å². The molecule has 33 heavy (non-hydrogen) atoms. The molecular formula is C29H42N2O2. The van der Waals surface area contributed by atoms with Gasteiger partial charge in [0, 0.05) is 37.7 Å². The Hall–Kier alpha value is -2.10. The molecule has 1 aromatic rings. The third-order valence-corrected chi connectivity index (χ3v) is 8.39. The van der Waals surface area contributed by atoms with Crippen LogP contribution in [0.15, 0.2) is 30.4 Å². The Morgan fingerprint density at radius 2 is 1.88 bits per heavy atom. The molecule has 180 valence electrons. The molecule has 2 unspecified atom stereocenters. The van der Waals surface area contributed by atoms with Gasteiger partial charge >= 0.3 is 0 Å². The zero-order chi connectivity index (χ0) is 23.4. The molecule has 3 aliphatic rings. The highest BCUT2D eigenvalue weighted by molar-refractivity contribution is 5.96. The van der Waals surface area contributed by atoms with E-state index in [0.29, 0.717) is 18.3 Å². The molecule has 0 N–H and O–H groups in total. The maximum atomic E-state index is 13.5. The number of amides is 2. The van der Waals surface area contributed by atoms with Crippen LogP contribution in [0.25, 0.3) is 0 Å². The molecule has 0 bridgehead atoms. The van der Waals surface area contributed by atoms with Gasteiger partial charge in [0.1, 0.15) is 0 Å². The van der Waals surface area contributed by atoms with E-state index in [0.717, 1.165) is 76.7 Å². The second-order valence-corrected chi connectivity index (χ2v) is 10.5. The number of fused-ring (bicyclic) bond motifs is 1. The Kier molecular flexibility index (Phi) is 7.93. The van der Waals surface area contributed by atoms with Crippen LogP contribution in [0.2, 0.25) is 0 Å². The standard InChI is InChI=1S/C29H42N2O2/c1-4-22-9-11-27-26(19-22)8-6-7-15-31(27)29(33)25-13-16-30(17-14-25)28(32)12-10-23-18-21(3)24(5-2)20-23/h9,11,19,23-25H,3-8,10,12-18,20H2,1-2H3. The van der Waals surface area contributed by atoms with E-state index in [2.05, 4.69) is 43.5 Å². The molecule has 1 saturated heterocycles. The molecule has 4 heteroatoms. The number of likely N-dealkylation sites (tertiary alicyclic amines) is 1. The molecule has 0 aromatic heterocycles. The molecule has 4 nitrogen and oxygen atoms in total. The van der Waals surface area contributed by atoms with Crippen molar-refractivity contribution in [2.45, 2.75) is 84.5 Å². The van der Waals surface area contributed by atoms with Gasteiger partial charge in [0.2, 0.25) is 11.8 Å². The maximum absolute atomic E-state index is 13.5. The van der Waals surface area contributed by atoms with E-state index in [9.17, 15) is 9.59 Å². The fourth-order valence-electron chi connectivity index (χ4n) is 6.20. The molecule has 0 radical (unpaired) electrons. The molecule has 1 aromatic carbocycles. The van der Waals surface area contributed by atoms with Gasteiger partial charge in [0.15, 0.2) is 0 Å². The van der Waals surface area contributed by atoms with Crippen LogP contribution < -0.4 is 4.90 Å². The van der Waals surface area contributed by atoms with Crippen molar-refractivity contribution in [3.05, 3.63) is 41.5 Å². The van der Waals surface area contributed by atoms with E-state index in [-0.39, 0.29) is 17.7 Å². The molecule has 1 aliphatic carbocycles. The molecule has 2 fully saturated rings. The number of carbonyl (C=O) groups is 2. The monoisotopic (exact) mass is 450 g/mol. The predicted octanol–water partition coefficient (Wildman–Crippen LogP) is 5.93. The van der Waals surface area contributed by atoms with E-state index in [1.165, 1.54) is 29.5 Å². The number of nitrogens with zero attached hydrogens (tertiary/aromatic N) is 2. The van der Waals surface area contributed by atoms with Crippen LogP contribution in [0.3, 0.4) is 0 Å². The van der Waals surface area contributed by atoms with Crippen molar-refractivity contribution in [2.75, 3.05) is 24.5 Å². The van der Waals surface area contributed by atoms with Crippen LogP contribution in [0.1, 0.15) is 82.8 Å². The van der Waals surface area contributed by atoms with Crippen LogP contribution >= 0.6 is 0 Å². The summed E-state index contributed by atoms with van der Waals surface area (Å²) in [5.74, 6) is 1.86. The number of carbonyl (C=O) groups excluding carboxylic acids is 2. The van der Waals surface area contributed by atoms with Gasteiger partial charge in [-0.3, -0.25) is 9.59 Å². The smallest absolute Gasteiger partial charge is 0.230 e. The average molecular weight is 451 g/mol. The van der Waals surface area contributed by atoms with Crippen LogP contribution in [0.5, 0.6) is 0 Å². The molecule has 2 atom stereocenters. The van der Waals surface area contributed by atoms with Crippen LogP contribution in [0, 0.1) is 17.8 Å². The summed E-state index contributed by atoms with van der Waals surface area (Å²) in [4.78, 5) is 30.4. The summed E-state index contributed by atoms with van der Waals surface area (Å²) >= 11 is 0. The molecule has 2 heterocycles. The molecular weight excluding hydrogens is 408 g/mol. The van der Waals surface area contributed by atoms with E-state index >= 15 is 0 Å². The normalized spacial score (nSPS) is 24.0. The van der Waals surface area contributed by atoms with Gasteiger partial charge in [-0.25, -0.2) is 0 Å². The second kappa shape index (κ2) is 10.9. The van der Waals surface area contributed by atoms with E-state index in [4.69, 9.17) is 0 Å². The first-order chi connectivity index (χ1) is 16.0. The quantitative estimate of drug-likeness (QED) is 0.504. The highest BCUT2D eigenvalue weighted by Gasteiger charge is 2.33. The number of allylic oxidation sites excluding steroid dienone is 1. The van der Waals surface area contributed by atoms with E-state index in [1.54, 1.807) is 0 Å². The van der Waals surface area contributed by atoms with Crippen LogP contribution in [-0.4, -0.2) is 36.3 Å². The number of rotatable bonds is 6. The Morgan fingerprint density at radius 1 is 1.09 bits per heavy atom. The summed E-state index contributed by atoms with van der Waals surface area (Å²) in [7, 11) is 0. The zero-order valence-electron chi connectivity index (χ0n) is 20.8. The highest BCUT2D eigenvalue weighted by atomic mass is 16.2. The van der Waals surface area contributed by atoms with Crippen molar-refractivity contribution in [3.8, 4) is 0 Å². The molecule has 2 amide bonds. The number of hydrogen-bond acceptors (Lipinski definition) is 2. The second-order valence-electron chi connectivity index (χ2n) is 10.5. The van der Waals surface area contributed by atoms with Gasteiger partial charge in [-0.15, -0.1) is 0 Å². The lowest BCUT2D eigenvalue weighted by molar-refractivity contribution is -0.135. The molecule has 4 rings (SSSR count). The molecule has 2 aliphatic heterocycles. The van der Waals surface area contributed by atoms with Crippen molar-refractivity contribution in [1.82, 2.24) is 4.90 Å². The van der Waals surface area contributed by atoms with Crippen LogP contribution in [0.4, 0.5) is 5.69 Å². The number of piperidine rings is 1. The summed E-state index contributed by atoms with van der Waals surface area (Å²) in [6.45, 7) is 10.9.